The lowest BCUT2D eigenvalue weighted by atomic mass is 10.0. The maximum absolute atomic E-state index is 12.9. The van der Waals surface area contributed by atoms with E-state index in [1.54, 1.807) is 30.4 Å². The summed E-state index contributed by atoms with van der Waals surface area (Å²) in [7, 11) is 1.80. The third kappa shape index (κ3) is 4.73. The summed E-state index contributed by atoms with van der Waals surface area (Å²) in [5.41, 5.74) is 3.67. The maximum Gasteiger partial charge on any atom is 0.258 e. The molecular weight excluding hydrogens is 336 g/mol. The highest BCUT2D eigenvalue weighted by molar-refractivity contribution is 6.06. The third-order valence-electron chi connectivity index (χ3n) is 4.44. The largest absolute Gasteiger partial charge is 0.489 e. The van der Waals surface area contributed by atoms with Crippen LogP contribution in [-0.2, 0) is 6.61 Å². The molecule has 0 N–H and O–H groups in total. The van der Waals surface area contributed by atoms with E-state index in [9.17, 15) is 4.79 Å². The first-order valence-corrected chi connectivity index (χ1v) is 9.04. The van der Waals surface area contributed by atoms with Gasteiger partial charge in [0.15, 0.2) is 0 Å². The number of ether oxygens (including phenoxy) is 1. The first-order chi connectivity index (χ1) is 13.0. The summed E-state index contributed by atoms with van der Waals surface area (Å²) in [6, 6.07) is 19.2. The van der Waals surface area contributed by atoms with Crippen LogP contribution in [0.15, 0.2) is 73.1 Å². The van der Waals surface area contributed by atoms with Crippen LogP contribution in [0, 0.1) is 0 Å². The average Bonchev–Trinajstić information content (AvgIpc) is 2.72. The zero-order chi connectivity index (χ0) is 19.2. The van der Waals surface area contributed by atoms with Crippen LogP contribution in [0.2, 0.25) is 0 Å². The molecule has 138 valence electrons. The van der Waals surface area contributed by atoms with E-state index in [1.165, 1.54) is 5.56 Å². The Morgan fingerprint density at radius 2 is 1.89 bits per heavy atom. The number of pyridine rings is 1. The highest BCUT2D eigenvalue weighted by atomic mass is 16.5. The fourth-order valence-corrected chi connectivity index (χ4v) is 2.77. The summed E-state index contributed by atoms with van der Waals surface area (Å²) in [6.45, 7) is 4.70. The second-order valence-corrected chi connectivity index (χ2v) is 6.79. The zero-order valence-electron chi connectivity index (χ0n) is 15.9. The summed E-state index contributed by atoms with van der Waals surface area (Å²) >= 11 is 0. The van der Waals surface area contributed by atoms with Crippen LogP contribution in [-0.4, -0.2) is 17.9 Å². The van der Waals surface area contributed by atoms with Gasteiger partial charge in [-0.25, -0.2) is 0 Å². The topological polar surface area (TPSA) is 42.4 Å². The molecule has 27 heavy (non-hydrogen) atoms. The molecule has 4 nitrogen and oxygen atoms in total. The predicted octanol–water partition coefficient (Wildman–Crippen LogP) is 5.06. The molecule has 0 aliphatic rings. The third-order valence-corrected chi connectivity index (χ3v) is 4.44. The summed E-state index contributed by atoms with van der Waals surface area (Å²) in [4.78, 5) is 18.7. The molecule has 0 saturated heterocycles. The van der Waals surface area contributed by atoms with Crippen molar-refractivity contribution in [2.75, 3.05) is 11.9 Å². The number of amides is 1. The Balaban J connectivity index is 1.73. The van der Waals surface area contributed by atoms with Crippen LogP contribution < -0.4 is 9.64 Å². The van der Waals surface area contributed by atoms with Crippen molar-refractivity contribution >= 4 is 11.6 Å². The Morgan fingerprint density at radius 3 is 2.63 bits per heavy atom. The van der Waals surface area contributed by atoms with E-state index in [4.69, 9.17) is 4.74 Å². The quantitative estimate of drug-likeness (QED) is 0.617. The molecule has 1 heterocycles. The molecule has 4 heteroatoms. The molecule has 3 aromatic rings. The van der Waals surface area contributed by atoms with Crippen LogP contribution in [0.25, 0.3) is 0 Å². The zero-order valence-corrected chi connectivity index (χ0v) is 15.9. The Hall–Kier alpha value is -3.14. The molecule has 0 aliphatic heterocycles. The van der Waals surface area contributed by atoms with Crippen molar-refractivity contribution < 1.29 is 9.53 Å². The van der Waals surface area contributed by atoms with E-state index in [2.05, 4.69) is 31.0 Å². The molecule has 0 aliphatic carbocycles. The molecule has 0 unspecified atom stereocenters. The molecule has 0 atom stereocenters. The minimum absolute atomic E-state index is 0.0669. The lowest BCUT2D eigenvalue weighted by Gasteiger charge is -2.19. The summed E-state index contributed by atoms with van der Waals surface area (Å²) in [5.74, 6) is 1.01. The highest BCUT2D eigenvalue weighted by Gasteiger charge is 2.15. The number of benzene rings is 2. The maximum atomic E-state index is 12.9. The molecule has 2 aromatic carbocycles. The lowest BCUT2D eigenvalue weighted by molar-refractivity contribution is 0.0992. The molecule has 1 aromatic heterocycles. The van der Waals surface area contributed by atoms with E-state index < -0.39 is 0 Å². The van der Waals surface area contributed by atoms with Crippen molar-refractivity contribution in [3.63, 3.8) is 0 Å². The SMILES string of the molecule is CC(C)c1cccc(N(C)C(=O)c2cccc(OCc3cccnc3)c2)c1. The predicted molar refractivity (Wildman–Crippen MR) is 108 cm³/mol. The van der Waals surface area contributed by atoms with E-state index in [-0.39, 0.29) is 5.91 Å². The molecule has 0 radical (unpaired) electrons. The Labute approximate surface area is 160 Å². The van der Waals surface area contributed by atoms with Gasteiger partial charge in [-0.2, -0.15) is 0 Å². The van der Waals surface area contributed by atoms with Gasteiger partial charge in [-0.3, -0.25) is 9.78 Å². The number of aromatic nitrogens is 1. The Kier molecular flexibility index (Phi) is 5.87. The van der Waals surface area contributed by atoms with E-state index in [0.29, 0.717) is 23.8 Å². The van der Waals surface area contributed by atoms with Crippen LogP contribution >= 0.6 is 0 Å². The Bertz CT molecular complexity index is 907. The van der Waals surface area contributed by atoms with Crippen LogP contribution in [0.4, 0.5) is 5.69 Å². The van der Waals surface area contributed by atoms with Gasteiger partial charge in [0, 0.05) is 36.3 Å². The van der Waals surface area contributed by atoms with Gasteiger partial charge in [0.2, 0.25) is 0 Å². The minimum Gasteiger partial charge on any atom is -0.489 e. The number of rotatable bonds is 6. The van der Waals surface area contributed by atoms with Crippen molar-refractivity contribution in [1.29, 1.82) is 0 Å². The number of carbonyl (C=O) groups is 1. The van der Waals surface area contributed by atoms with Gasteiger partial charge in [0.05, 0.1) is 0 Å². The summed E-state index contributed by atoms with van der Waals surface area (Å²) in [5, 5.41) is 0. The molecule has 0 saturated carbocycles. The number of hydrogen-bond donors (Lipinski definition) is 0. The minimum atomic E-state index is -0.0669. The fraction of sp³-hybridized carbons (Fsp3) is 0.217. The number of hydrogen-bond acceptors (Lipinski definition) is 3. The molecule has 0 fully saturated rings. The van der Waals surface area contributed by atoms with Crippen LogP contribution in [0.5, 0.6) is 5.75 Å². The van der Waals surface area contributed by atoms with Crippen molar-refractivity contribution in [3.05, 3.63) is 89.7 Å². The number of carbonyl (C=O) groups excluding carboxylic acids is 1. The van der Waals surface area contributed by atoms with Crippen molar-refractivity contribution in [2.45, 2.75) is 26.4 Å². The standard InChI is InChI=1S/C23H24N2O2/c1-17(2)19-8-4-10-21(13-19)25(3)23(26)20-9-5-11-22(14-20)27-16-18-7-6-12-24-15-18/h4-15,17H,16H2,1-3H3. The molecule has 0 spiro atoms. The van der Waals surface area contributed by atoms with E-state index in [0.717, 1.165) is 11.3 Å². The Morgan fingerprint density at radius 1 is 1.07 bits per heavy atom. The molecular formula is C23H24N2O2. The average molecular weight is 360 g/mol. The van der Waals surface area contributed by atoms with E-state index in [1.807, 2.05) is 42.5 Å². The van der Waals surface area contributed by atoms with Crippen molar-refractivity contribution in [3.8, 4) is 5.75 Å². The van der Waals surface area contributed by atoms with Crippen molar-refractivity contribution in [2.24, 2.45) is 0 Å². The first kappa shape index (κ1) is 18.6. The first-order valence-electron chi connectivity index (χ1n) is 9.04. The number of nitrogens with zero attached hydrogens (tertiary/aromatic N) is 2. The molecule has 1 amide bonds. The fourth-order valence-electron chi connectivity index (χ4n) is 2.77. The van der Waals surface area contributed by atoms with Gasteiger partial charge < -0.3 is 9.64 Å². The van der Waals surface area contributed by atoms with Gasteiger partial charge in [-0.1, -0.05) is 38.1 Å². The summed E-state index contributed by atoms with van der Waals surface area (Å²) < 4.78 is 5.81. The van der Waals surface area contributed by atoms with Crippen molar-refractivity contribution in [1.82, 2.24) is 4.98 Å². The van der Waals surface area contributed by atoms with Gasteiger partial charge in [-0.15, -0.1) is 0 Å². The van der Waals surface area contributed by atoms with Gasteiger partial charge >= 0.3 is 0 Å². The molecule has 0 bridgehead atoms. The second-order valence-electron chi connectivity index (χ2n) is 6.79. The smallest absolute Gasteiger partial charge is 0.258 e. The number of anilines is 1. The van der Waals surface area contributed by atoms with Gasteiger partial charge in [0.25, 0.3) is 5.91 Å². The van der Waals surface area contributed by atoms with Crippen LogP contribution in [0.1, 0.15) is 41.3 Å². The van der Waals surface area contributed by atoms with Gasteiger partial charge in [-0.05, 0) is 47.9 Å². The van der Waals surface area contributed by atoms with Crippen LogP contribution in [0.3, 0.4) is 0 Å². The summed E-state index contributed by atoms with van der Waals surface area (Å²) in [6.07, 6.45) is 3.50. The monoisotopic (exact) mass is 360 g/mol. The highest BCUT2D eigenvalue weighted by Crippen LogP contribution is 2.23. The second kappa shape index (κ2) is 8.49. The van der Waals surface area contributed by atoms with Gasteiger partial charge in [0.1, 0.15) is 12.4 Å². The normalized spacial score (nSPS) is 10.7. The van der Waals surface area contributed by atoms with E-state index >= 15 is 0 Å². The molecule has 3 rings (SSSR count). The lowest BCUT2D eigenvalue weighted by Crippen LogP contribution is -2.26.